The first-order valence-corrected chi connectivity index (χ1v) is 10.8. The zero-order valence-electron chi connectivity index (χ0n) is 18.2. The van der Waals surface area contributed by atoms with Gasteiger partial charge in [-0.3, -0.25) is 9.48 Å². The van der Waals surface area contributed by atoms with Crippen LogP contribution in [0, 0.1) is 0 Å². The first-order valence-electron chi connectivity index (χ1n) is 10.8. The SMILES string of the molecule is C[C@H]1CN(c2ccc(NC(=O)c3cc4cn(C)nc4cc3OC3CCC3)nn2)CCN1.Cl. The first-order chi connectivity index (χ1) is 15.0. The van der Waals surface area contributed by atoms with Gasteiger partial charge in [0.05, 0.1) is 17.2 Å². The lowest BCUT2D eigenvalue weighted by Gasteiger charge is -2.32. The largest absolute Gasteiger partial charge is 0.490 e. The van der Waals surface area contributed by atoms with Crippen LogP contribution in [-0.4, -0.2) is 57.7 Å². The quantitative estimate of drug-likeness (QED) is 0.608. The number of ether oxygens (including phenoxy) is 1. The number of nitrogens with one attached hydrogen (secondary N) is 2. The molecule has 10 heteroatoms. The summed E-state index contributed by atoms with van der Waals surface area (Å²) in [5.41, 5.74) is 1.29. The van der Waals surface area contributed by atoms with E-state index in [1.54, 1.807) is 10.7 Å². The molecule has 3 heterocycles. The van der Waals surface area contributed by atoms with Crippen molar-refractivity contribution in [1.82, 2.24) is 25.3 Å². The number of aromatic nitrogens is 4. The molecule has 0 spiro atoms. The number of amides is 1. The van der Waals surface area contributed by atoms with Crippen LogP contribution in [0.5, 0.6) is 5.75 Å². The van der Waals surface area contributed by atoms with Crippen molar-refractivity contribution in [3.63, 3.8) is 0 Å². The summed E-state index contributed by atoms with van der Waals surface area (Å²) in [5, 5.41) is 20.2. The predicted octanol–water partition coefficient (Wildman–Crippen LogP) is 2.77. The Hall–Kier alpha value is -2.91. The van der Waals surface area contributed by atoms with Crippen LogP contribution in [0.15, 0.2) is 30.5 Å². The molecule has 1 aromatic carbocycles. The van der Waals surface area contributed by atoms with Gasteiger partial charge in [-0.2, -0.15) is 5.10 Å². The summed E-state index contributed by atoms with van der Waals surface area (Å²) in [6.45, 7) is 4.84. The fourth-order valence-corrected chi connectivity index (χ4v) is 4.00. The summed E-state index contributed by atoms with van der Waals surface area (Å²) in [5.74, 6) is 1.53. The molecule has 2 aromatic heterocycles. The Bertz CT molecular complexity index is 1100. The Morgan fingerprint density at radius 1 is 1.25 bits per heavy atom. The topological polar surface area (TPSA) is 97.2 Å². The maximum Gasteiger partial charge on any atom is 0.260 e. The van der Waals surface area contributed by atoms with Crippen molar-refractivity contribution in [2.24, 2.45) is 7.05 Å². The van der Waals surface area contributed by atoms with E-state index in [2.05, 4.69) is 37.8 Å². The lowest BCUT2D eigenvalue weighted by atomic mass is 9.96. The van der Waals surface area contributed by atoms with Crippen LogP contribution in [0.1, 0.15) is 36.5 Å². The summed E-state index contributed by atoms with van der Waals surface area (Å²) >= 11 is 0. The molecule has 0 unspecified atom stereocenters. The average molecular weight is 458 g/mol. The molecule has 3 aromatic rings. The summed E-state index contributed by atoms with van der Waals surface area (Å²) in [4.78, 5) is 15.3. The molecule has 1 atom stereocenters. The van der Waals surface area contributed by atoms with Crippen LogP contribution in [0.2, 0.25) is 0 Å². The van der Waals surface area contributed by atoms with Gasteiger partial charge in [-0.25, -0.2) is 0 Å². The van der Waals surface area contributed by atoms with Gasteiger partial charge in [0.1, 0.15) is 5.75 Å². The minimum absolute atomic E-state index is 0. The van der Waals surface area contributed by atoms with Crippen LogP contribution in [0.25, 0.3) is 10.9 Å². The average Bonchev–Trinajstić information content (AvgIpc) is 3.09. The number of piperazine rings is 1. The molecule has 1 aliphatic carbocycles. The molecule has 170 valence electrons. The van der Waals surface area contributed by atoms with Gasteiger partial charge in [-0.1, -0.05) is 0 Å². The van der Waals surface area contributed by atoms with Crippen LogP contribution in [-0.2, 0) is 7.05 Å². The number of fused-ring (bicyclic) bond motifs is 1. The van der Waals surface area contributed by atoms with Crippen molar-refractivity contribution < 1.29 is 9.53 Å². The van der Waals surface area contributed by atoms with Crippen molar-refractivity contribution in [3.05, 3.63) is 36.0 Å². The highest BCUT2D eigenvalue weighted by atomic mass is 35.5. The normalized spacial score (nSPS) is 18.7. The molecule has 2 fully saturated rings. The Labute approximate surface area is 192 Å². The maximum absolute atomic E-state index is 13.1. The number of anilines is 2. The van der Waals surface area contributed by atoms with E-state index in [1.807, 2.05) is 31.4 Å². The highest BCUT2D eigenvalue weighted by Crippen LogP contribution is 2.31. The second kappa shape index (κ2) is 9.30. The third-order valence-corrected chi connectivity index (χ3v) is 5.90. The van der Waals surface area contributed by atoms with E-state index in [0.29, 0.717) is 23.2 Å². The van der Waals surface area contributed by atoms with Crippen molar-refractivity contribution in [3.8, 4) is 5.75 Å². The van der Waals surface area contributed by atoms with Gasteiger partial charge in [0, 0.05) is 50.4 Å². The zero-order chi connectivity index (χ0) is 21.4. The first kappa shape index (κ1) is 22.3. The number of carbonyl (C=O) groups is 1. The Morgan fingerprint density at radius 2 is 2.09 bits per heavy atom. The molecular formula is C22H28ClN7O2. The third kappa shape index (κ3) is 4.63. The van der Waals surface area contributed by atoms with Gasteiger partial charge < -0.3 is 20.3 Å². The molecule has 1 saturated heterocycles. The lowest BCUT2D eigenvalue weighted by Crippen LogP contribution is -2.49. The number of hydrogen-bond donors (Lipinski definition) is 2. The monoisotopic (exact) mass is 457 g/mol. The number of nitrogens with zero attached hydrogens (tertiary/aromatic N) is 5. The molecule has 2 aliphatic rings. The summed E-state index contributed by atoms with van der Waals surface area (Å²) in [6, 6.07) is 7.78. The standard InChI is InChI=1S/C22H27N7O2.ClH/c1-14-12-29(9-8-23-14)21-7-6-20(25-26-21)24-22(30)17-10-15-13-28(2)27-18(15)11-19(17)31-16-4-3-5-16;/h6-7,10-11,13-14,16,23H,3-5,8-9,12H2,1-2H3,(H,24,25,30);1H/t14-;/m0./s1. The van der Waals surface area contributed by atoms with Gasteiger partial charge in [0.15, 0.2) is 11.6 Å². The molecule has 5 rings (SSSR count). The van der Waals surface area contributed by atoms with Crippen molar-refractivity contribution in [2.45, 2.75) is 38.3 Å². The van der Waals surface area contributed by atoms with E-state index < -0.39 is 0 Å². The highest BCUT2D eigenvalue weighted by Gasteiger charge is 2.24. The highest BCUT2D eigenvalue weighted by molar-refractivity contribution is 6.08. The Balaban J connectivity index is 0.00000245. The molecule has 1 aliphatic heterocycles. The van der Waals surface area contributed by atoms with Gasteiger partial charge in [0.25, 0.3) is 5.91 Å². The van der Waals surface area contributed by atoms with E-state index in [1.165, 1.54) is 0 Å². The fraction of sp³-hybridized carbons (Fsp3) is 0.455. The van der Waals surface area contributed by atoms with Crippen molar-refractivity contribution in [2.75, 3.05) is 29.9 Å². The molecule has 0 radical (unpaired) electrons. The van der Waals surface area contributed by atoms with Crippen LogP contribution in [0.4, 0.5) is 11.6 Å². The number of aryl methyl sites for hydroxylation is 1. The second-order valence-corrected chi connectivity index (χ2v) is 8.41. The van der Waals surface area contributed by atoms with Gasteiger partial charge >= 0.3 is 0 Å². The number of hydrogen-bond acceptors (Lipinski definition) is 7. The smallest absolute Gasteiger partial charge is 0.260 e. The fourth-order valence-electron chi connectivity index (χ4n) is 4.00. The number of carbonyl (C=O) groups excluding carboxylic acids is 1. The Kier molecular flexibility index (Phi) is 6.48. The van der Waals surface area contributed by atoms with E-state index >= 15 is 0 Å². The van der Waals surface area contributed by atoms with Crippen molar-refractivity contribution in [1.29, 1.82) is 0 Å². The Morgan fingerprint density at radius 3 is 2.78 bits per heavy atom. The van der Waals surface area contributed by atoms with E-state index in [0.717, 1.165) is 55.6 Å². The molecule has 0 bridgehead atoms. The van der Waals surface area contributed by atoms with E-state index in [4.69, 9.17) is 4.74 Å². The minimum Gasteiger partial charge on any atom is -0.490 e. The van der Waals surface area contributed by atoms with Crippen molar-refractivity contribution >= 4 is 40.9 Å². The summed E-state index contributed by atoms with van der Waals surface area (Å²) < 4.78 is 7.84. The molecule has 9 nitrogen and oxygen atoms in total. The molecular weight excluding hydrogens is 430 g/mol. The van der Waals surface area contributed by atoms with Crippen LogP contribution in [0.3, 0.4) is 0 Å². The van der Waals surface area contributed by atoms with E-state index in [-0.39, 0.29) is 24.4 Å². The minimum atomic E-state index is -0.266. The van der Waals surface area contributed by atoms with Gasteiger partial charge in [-0.05, 0) is 44.4 Å². The van der Waals surface area contributed by atoms with E-state index in [9.17, 15) is 4.79 Å². The van der Waals surface area contributed by atoms with Gasteiger partial charge in [-0.15, -0.1) is 22.6 Å². The second-order valence-electron chi connectivity index (χ2n) is 8.41. The molecule has 2 N–H and O–H groups in total. The number of halogens is 1. The third-order valence-electron chi connectivity index (χ3n) is 5.90. The zero-order valence-corrected chi connectivity index (χ0v) is 19.1. The summed E-state index contributed by atoms with van der Waals surface area (Å²) in [6.07, 6.45) is 5.24. The molecule has 1 saturated carbocycles. The van der Waals surface area contributed by atoms with Gasteiger partial charge in [0.2, 0.25) is 0 Å². The summed E-state index contributed by atoms with van der Waals surface area (Å²) in [7, 11) is 1.86. The number of benzene rings is 1. The van der Waals surface area contributed by atoms with Crippen LogP contribution < -0.4 is 20.3 Å². The maximum atomic E-state index is 13.1. The molecule has 32 heavy (non-hydrogen) atoms. The molecule has 1 amide bonds. The predicted molar refractivity (Wildman–Crippen MR) is 126 cm³/mol. The lowest BCUT2D eigenvalue weighted by molar-refractivity contribution is 0.0992. The van der Waals surface area contributed by atoms with Crippen LogP contribution >= 0.6 is 12.4 Å². The number of rotatable bonds is 5.